The van der Waals surface area contributed by atoms with Crippen molar-refractivity contribution in [2.45, 2.75) is 155 Å². The van der Waals surface area contributed by atoms with Gasteiger partial charge in [-0.25, -0.2) is 15.0 Å². The average molecular weight is 721 g/mol. The molecule has 0 atom stereocenters. The minimum atomic E-state index is -0.383. The monoisotopic (exact) mass is 721 g/mol. The van der Waals surface area contributed by atoms with Gasteiger partial charge in [0.05, 0.1) is 5.69 Å². The molecule has 5 aromatic rings. The highest BCUT2D eigenvalue weighted by Crippen LogP contribution is 2.55. The quantitative estimate of drug-likeness (QED) is 0.0846. The van der Waals surface area contributed by atoms with E-state index in [-0.39, 0.29) is 16.2 Å². The van der Waals surface area contributed by atoms with Crippen LogP contribution in [0.2, 0.25) is 0 Å². The van der Waals surface area contributed by atoms with E-state index in [9.17, 15) is 0 Å². The van der Waals surface area contributed by atoms with Gasteiger partial charge in [0.2, 0.25) is 0 Å². The Bertz CT molecular complexity index is 1940. The van der Waals surface area contributed by atoms with Gasteiger partial charge in [0.15, 0.2) is 5.82 Å². The van der Waals surface area contributed by atoms with Crippen LogP contribution in [0, 0.1) is 0 Å². The first-order valence-electron chi connectivity index (χ1n) is 21.1. The Morgan fingerprint density at radius 1 is 0.519 bits per heavy atom. The van der Waals surface area contributed by atoms with Crippen LogP contribution in [0.25, 0.3) is 33.8 Å². The molecule has 4 nitrogen and oxygen atoms in total. The molecule has 2 heterocycles. The number of hydrogen-bond acceptors (Lipinski definition) is 4. The van der Waals surface area contributed by atoms with Gasteiger partial charge in [-0.2, -0.15) is 0 Å². The topological polar surface area (TPSA) is 51.6 Å². The van der Waals surface area contributed by atoms with E-state index in [1.165, 1.54) is 118 Å². The van der Waals surface area contributed by atoms with Gasteiger partial charge in [-0.3, -0.25) is 4.98 Å². The van der Waals surface area contributed by atoms with Crippen molar-refractivity contribution in [3.05, 3.63) is 119 Å². The number of hydrogen-bond donors (Lipinski definition) is 0. The molecule has 284 valence electrons. The lowest BCUT2D eigenvalue weighted by molar-refractivity contribution is 0.398. The highest BCUT2D eigenvalue weighted by Gasteiger charge is 2.42. The van der Waals surface area contributed by atoms with Crippen molar-refractivity contribution in [3.63, 3.8) is 0 Å². The van der Waals surface area contributed by atoms with Gasteiger partial charge in [0.1, 0.15) is 11.6 Å². The molecule has 1 aliphatic rings. The molecule has 0 unspecified atom stereocenters. The summed E-state index contributed by atoms with van der Waals surface area (Å²) in [6.07, 6.45) is 20.2. The van der Waals surface area contributed by atoms with Crippen molar-refractivity contribution in [3.8, 4) is 33.8 Å². The van der Waals surface area contributed by atoms with Gasteiger partial charge in [-0.05, 0) is 72.7 Å². The summed E-state index contributed by atoms with van der Waals surface area (Å²) < 4.78 is 0. The molecular weight excluding hydrogens is 657 g/mol. The molecule has 0 saturated heterocycles. The molecule has 0 spiro atoms. The van der Waals surface area contributed by atoms with E-state index in [0.29, 0.717) is 5.82 Å². The highest BCUT2D eigenvalue weighted by molar-refractivity contribution is 5.83. The summed E-state index contributed by atoms with van der Waals surface area (Å²) in [5.74, 6) is 2.24. The number of benzene rings is 3. The fourth-order valence-corrected chi connectivity index (χ4v) is 8.49. The summed E-state index contributed by atoms with van der Waals surface area (Å²) >= 11 is 0. The van der Waals surface area contributed by atoms with E-state index in [1.54, 1.807) is 5.56 Å². The van der Waals surface area contributed by atoms with Crippen molar-refractivity contribution in [1.82, 2.24) is 19.9 Å². The maximum absolute atomic E-state index is 5.10. The molecule has 0 fully saturated rings. The zero-order chi connectivity index (χ0) is 38.2. The molecule has 0 saturated carbocycles. The van der Waals surface area contributed by atoms with Crippen molar-refractivity contribution in [1.29, 1.82) is 0 Å². The largest absolute Gasteiger partial charge is 0.255 e. The number of rotatable bonds is 18. The van der Waals surface area contributed by atoms with Crippen molar-refractivity contribution in [2.75, 3.05) is 0 Å². The minimum Gasteiger partial charge on any atom is -0.255 e. The Morgan fingerprint density at radius 2 is 1.09 bits per heavy atom. The molecule has 0 amide bonds. The molecule has 0 bridgehead atoms. The lowest BCUT2D eigenvalue weighted by atomic mass is 9.70. The fraction of sp³-hybridized carbons (Fsp3) is 0.480. The van der Waals surface area contributed by atoms with Crippen LogP contribution in [0.3, 0.4) is 0 Å². The molecule has 3 aromatic carbocycles. The summed E-state index contributed by atoms with van der Waals surface area (Å²) in [6.45, 7) is 15.5. The third-order valence-corrected chi connectivity index (χ3v) is 11.9. The maximum atomic E-state index is 5.10. The summed E-state index contributed by atoms with van der Waals surface area (Å²) in [4.78, 5) is 20.3. The van der Waals surface area contributed by atoms with E-state index in [4.69, 9.17) is 19.9 Å². The van der Waals surface area contributed by atoms with Gasteiger partial charge >= 0.3 is 0 Å². The second kappa shape index (κ2) is 17.5. The predicted molar refractivity (Wildman–Crippen MR) is 228 cm³/mol. The van der Waals surface area contributed by atoms with Crippen LogP contribution in [0.5, 0.6) is 0 Å². The molecule has 6 rings (SSSR count). The molecular formula is C50H64N4. The summed E-state index contributed by atoms with van der Waals surface area (Å²) in [7, 11) is 0. The Hall–Kier alpha value is -4.18. The second-order valence-electron chi connectivity index (χ2n) is 17.4. The summed E-state index contributed by atoms with van der Waals surface area (Å²) in [6, 6.07) is 31.3. The molecule has 0 radical (unpaired) electrons. The van der Waals surface area contributed by atoms with Crippen LogP contribution in [0.15, 0.2) is 91.1 Å². The first kappa shape index (κ1) is 39.5. The third-order valence-electron chi connectivity index (χ3n) is 11.9. The molecule has 0 N–H and O–H groups in total. The Kier molecular flexibility index (Phi) is 12.8. The van der Waals surface area contributed by atoms with Crippen molar-refractivity contribution < 1.29 is 0 Å². The number of aromatic nitrogens is 4. The standard InChI is InChI=1S/C50H64N4/c1-8-10-12-14-16-23-33-50(34-24-17-15-13-11-9-2)42-28-22-21-27-40(42)41-31-29-37(35-43(41)50)44-32-30-38(36-51-44)45-52-46(48(3,4)5)54-47(53-45)49(6,7)39-25-19-18-20-26-39/h18-22,25-32,35-36H,8-17,23-24,33-34H2,1-7H3. The van der Waals surface area contributed by atoms with E-state index in [2.05, 4.69) is 133 Å². The zero-order valence-electron chi connectivity index (χ0n) is 34.3. The van der Waals surface area contributed by atoms with E-state index < -0.39 is 0 Å². The normalized spacial score (nSPS) is 13.5. The highest BCUT2D eigenvalue weighted by atomic mass is 15.1. The Balaban J connectivity index is 1.34. The second-order valence-corrected chi connectivity index (χ2v) is 17.4. The molecule has 0 aliphatic heterocycles. The zero-order valence-corrected chi connectivity index (χ0v) is 34.3. The lowest BCUT2D eigenvalue weighted by Crippen LogP contribution is -2.27. The van der Waals surface area contributed by atoms with Crippen LogP contribution < -0.4 is 0 Å². The fourth-order valence-electron chi connectivity index (χ4n) is 8.49. The number of unbranched alkanes of at least 4 members (excludes halogenated alkanes) is 10. The molecule has 54 heavy (non-hydrogen) atoms. The Labute approximate surface area is 326 Å². The van der Waals surface area contributed by atoms with Gasteiger partial charge in [-0.15, -0.1) is 0 Å². The van der Waals surface area contributed by atoms with E-state index in [1.807, 2.05) is 6.20 Å². The van der Waals surface area contributed by atoms with Gasteiger partial charge in [0, 0.05) is 33.6 Å². The summed E-state index contributed by atoms with van der Waals surface area (Å²) in [5, 5.41) is 0. The SMILES string of the molecule is CCCCCCCCC1(CCCCCCCC)c2ccccc2-c2ccc(-c3ccc(-c4nc(C(C)(C)C)nc(C(C)(C)c5ccccc5)n4)cn3)cc21. The average Bonchev–Trinajstić information content (AvgIpc) is 3.46. The number of pyridine rings is 1. The third kappa shape index (κ3) is 8.69. The van der Waals surface area contributed by atoms with Crippen molar-refractivity contribution >= 4 is 0 Å². The summed E-state index contributed by atoms with van der Waals surface area (Å²) in [5.41, 5.74) is 9.58. The molecule has 2 aromatic heterocycles. The predicted octanol–water partition coefficient (Wildman–Crippen LogP) is 14.0. The van der Waals surface area contributed by atoms with Crippen LogP contribution >= 0.6 is 0 Å². The van der Waals surface area contributed by atoms with Crippen molar-refractivity contribution in [2.24, 2.45) is 0 Å². The molecule has 1 aliphatic carbocycles. The van der Waals surface area contributed by atoms with Gasteiger partial charge in [0.25, 0.3) is 0 Å². The number of nitrogens with zero attached hydrogens (tertiary/aromatic N) is 4. The van der Waals surface area contributed by atoms with E-state index in [0.717, 1.165) is 22.9 Å². The Morgan fingerprint density at radius 3 is 1.72 bits per heavy atom. The van der Waals surface area contributed by atoms with Crippen LogP contribution in [-0.2, 0) is 16.2 Å². The van der Waals surface area contributed by atoms with Gasteiger partial charge < -0.3 is 0 Å². The van der Waals surface area contributed by atoms with E-state index >= 15 is 0 Å². The first-order valence-corrected chi connectivity index (χ1v) is 21.1. The van der Waals surface area contributed by atoms with Gasteiger partial charge in [-0.1, -0.05) is 178 Å². The number of fused-ring (bicyclic) bond motifs is 3. The first-order chi connectivity index (χ1) is 26.1. The molecule has 4 heteroatoms. The van der Waals surface area contributed by atoms with Crippen LogP contribution in [-0.4, -0.2) is 19.9 Å². The van der Waals surface area contributed by atoms with Crippen LogP contribution in [0.4, 0.5) is 0 Å². The van der Waals surface area contributed by atoms with Crippen LogP contribution in [0.1, 0.15) is 167 Å². The maximum Gasteiger partial charge on any atom is 0.164 e. The minimum absolute atomic E-state index is 0.0492. The smallest absolute Gasteiger partial charge is 0.164 e. The lowest BCUT2D eigenvalue weighted by Gasteiger charge is -2.33.